The van der Waals surface area contributed by atoms with E-state index < -0.39 is 0 Å². The predicted octanol–water partition coefficient (Wildman–Crippen LogP) is 6.01. The zero-order chi connectivity index (χ0) is 20.3. The van der Waals surface area contributed by atoms with E-state index in [4.69, 9.17) is 9.97 Å². The molecule has 0 radical (unpaired) electrons. The highest BCUT2D eigenvalue weighted by atomic mass is 32.1. The van der Waals surface area contributed by atoms with Crippen molar-refractivity contribution in [2.75, 3.05) is 0 Å². The van der Waals surface area contributed by atoms with Crippen molar-refractivity contribution in [1.29, 1.82) is 0 Å². The van der Waals surface area contributed by atoms with Gasteiger partial charge in [-0.15, -0.1) is 22.7 Å². The van der Waals surface area contributed by atoms with Crippen LogP contribution in [-0.4, -0.2) is 15.9 Å². The third-order valence-corrected chi connectivity index (χ3v) is 7.86. The Labute approximate surface area is 184 Å². The molecule has 2 heterocycles. The molecule has 152 valence electrons. The van der Waals surface area contributed by atoms with E-state index in [0.717, 1.165) is 52.5 Å². The van der Waals surface area contributed by atoms with Gasteiger partial charge in [0.05, 0.1) is 27.5 Å². The van der Waals surface area contributed by atoms with E-state index in [-0.39, 0.29) is 17.7 Å². The van der Waals surface area contributed by atoms with Crippen LogP contribution < -0.4 is 5.32 Å². The Hall–Kier alpha value is -2.57. The number of aromatic nitrogens is 2. The fourth-order valence-corrected chi connectivity index (χ4v) is 6.19. The molecular formula is C24H23N3OS2. The molecule has 2 atom stereocenters. The summed E-state index contributed by atoms with van der Waals surface area (Å²) in [7, 11) is 0. The highest BCUT2D eigenvalue weighted by molar-refractivity contribution is 7.18. The zero-order valence-electron chi connectivity index (χ0n) is 16.6. The Morgan fingerprint density at radius 2 is 1.80 bits per heavy atom. The second-order valence-corrected chi connectivity index (χ2v) is 9.67. The van der Waals surface area contributed by atoms with Gasteiger partial charge in [0, 0.05) is 22.8 Å². The summed E-state index contributed by atoms with van der Waals surface area (Å²) in [6.45, 7) is 0.477. The van der Waals surface area contributed by atoms with Crippen molar-refractivity contribution in [2.45, 2.75) is 38.1 Å². The normalized spacial score (nSPS) is 19.1. The Kier molecular flexibility index (Phi) is 5.60. The highest BCUT2D eigenvalue weighted by Crippen LogP contribution is 2.41. The lowest BCUT2D eigenvalue weighted by Crippen LogP contribution is -2.35. The van der Waals surface area contributed by atoms with Gasteiger partial charge in [-0.25, -0.2) is 9.97 Å². The lowest BCUT2D eigenvalue weighted by molar-refractivity contribution is -0.126. The van der Waals surface area contributed by atoms with Gasteiger partial charge >= 0.3 is 0 Å². The zero-order valence-corrected chi connectivity index (χ0v) is 18.2. The summed E-state index contributed by atoms with van der Waals surface area (Å²) in [6.07, 6.45) is 4.23. The van der Waals surface area contributed by atoms with Crippen LogP contribution in [0.25, 0.3) is 20.8 Å². The fourth-order valence-electron chi connectivity index (χ4n) is 4.20. The summed E-state index contributed by atoms with van der Waals surface area (Å²) >= 11 is 3.36. The van der Waals surface area contributed by atoms with E-state index in [2.05, 4.69) is 29.6 Å². The van der Waals surface area contributed by atoms with Gasteiger partial charge in [0.1, 0.15) is 5.01 Å². The average Bonchev–Trinajstić information content (AvgIpc) is 3.45. The van der Waals surface area contributed by atoms with Crippen LogP contribution in [0.5, 0.6) is 0 Å². The molecular weight excluding hydrogens is 410 g/mol. The van der Waals surface area contributed by atoms with E-state index in [1.165, 1.54) is 4.70 Å². The quantitative estimate of drug-likeness (QED) is 0.419. The monoisotopic (exact) mass is 433 g/mol. The van der Waals surface area contributed by atoms with Crippen LogP contribution in [0, 0.1) is 5.92 Å². The number of thiazole rings is 2. The number of amides is 1. The van der Waals surface area contributed by atoms with Crippen LogP contribution in [0.2, 0.25) is 0 Å². The maximum Gasteiger partial charge on any atom is 0.224 e. The van der Waals surface area contributed by atoms with Crippen LogP contribution in [0.15, 0.2) is 60.0 Å². The molecule has 0 aliphatic heterocycles. The highest BCUT2D eigenvalue weighted by Gasteiger charge is 2.34. The van der Waals surface area contributed by atoms with Crippen molar-refractivity contribution >= 4 is 38.8 Å². The van der Waals surface area contributed by atoms with Gasteiger partial charge in [0.2, 0.25) is 5.91 Å². The number of hydrogen-bond donors (Lipinski definition) is 1. The first-order valence-corrected chi connectivity index (χ1v) is 12.1. The Morgan fingerprint density at radius 1 is 1.00 bits per heavy atom. The Bertz CT molecular complexity index is 1120. The van der Waals surface area contributed by atoms with E-state index in [1.54, 1.807) is 22.7 Å². The minimum atomic E-state index is -0.00783. The van der Waals surface area contributed by atoms with E-state index in [0.29, 0.717) is 6.54 Å². The topological polar surface area (TPSA) is 54.9 Å². The second-order valence-electron chi connectivity index (χ2n) is 7.75. The van der Waals surface area contributed by atoms with Crippen LogP contribution in [0.3, 0.4) is 0 Å². The minimum absolute atomic E-state index is 0.00783. The number of benzene rings is 2. The van der Waals surface area contributed by atoms with Gasteiger partial charge in [-0.2, -0.15) is 0 Å². The summed E-state index contributed by atoms with van der Waals surface area (Å²) in [4.78, 5) is 22.6. The maximum absolute atomic E-state index is 13.1. The van der Waals surface area contributed by atoms with Gasteiger partial charge in [-0.1, -0.05) is 55.3 Å². The molecule has 1 amide bonds. The van der Waals surface area contributed by atoms with Crippen LogP contribution in [0.4, 0.5) is 0 Å². The molecule has 2 unspecified atom stereocenters. The van der Waals surface area contributed by atoms with Crippen molar-refractivity contribution in [1.82, 2.24) is 15.3 Å². The SMILES string of the molecule is O=C(NCc1csc(-c2ccccc2)n1)C1CCCCC1c1nc2ccccc2s1. The molecule has 1 fully saturated rings. The molecule has 0 spiro atoms. The number of carbonyl (C=O) groups is 1. The van der Waals surface area contributed by atoms with Gasteiger partial charge < -0.3 is 5.32 Å². The molecule has 4 nitrogen and oxygen atoms in total. The fraction of sp³-hybridized carbons (Fsp3) is 0.292. The first-order valence-electron chi connectivity index (χ1n) is 10.4. The number of hydrogen-bond acceptors (Lipinski definition) is 5. The number of para-hydroxylation sites is 1. The summed E-state index contributed by atoms with van der Waals surface area (Å²) in [5.41, 5.74) is 3.07. The van der Waals surface area contributed by atoms with Gasteiger partial charge in [0.15, 0.2) is 0 Å². The smallest absolute Gasteiger partial charge is 0.224 e. The largest absolute Gasteiger partial charge is 0.350 e. The Balaban J connectivity index is 1.28. The lowest BCUT2D eigenvalue weighted by Gasteiger charge is -2.29. The lowest BCUT2D eigenvalue weighted by atomic mass is 9.79. The minimum Gasteiger partial charge on any atom is -0.350 e. The van der Waals surface area contributed by atoms with Crippen LogP contribution in [-0.2, 0) is 11.3 Å². The summed E-state index contributed by atoms with van der Waals surface area (Å²) in [5, 5.41) is 7.28. The third kappa shape index (κ3) is 4.02. The summed E-state index contributed by atoms with van der Waals surface area (Å²) in [5.74, 6) is 0.339. The van der Waals surface area contributed by atoms with Gasteiger partial charge in [-0.3, -0.25) is 4.79 Å². The molecule has 1 aliphatic carbocycles. The molecule has 0 bridgehead atoms. The molecule has 5 rings (SSSR count). The van der Waals surface area contributed by atoms with Crippen molar-refractivity contribution < 1.29 is 4.79 Å². The van der Waals surface area contributed by atoms with Gasteiger partial charge in [-0.05, 0) is 25.0 Å². The number of nitrogens with one attached hydrogen (secondary N) is 1. The van der Waals surface area contributed by atoms with Gasteiger partial charge in [0.25, 0.3) is 0 Å². The van der Waals surface area contributed by atoms with E-state index >= 15 is 0 Å². The number of rotatable bonds is 5. The number of fused-ring (bicyclic) bond motifs is 1. The average molecular weight is 434 g/mol. The van der Waals surface area contributed by atoms with E-state index in [9.17, 15) is 4.79 Å². The Morgan fingerprint density at radius 3 is 2.67 bits per heavy atom. The molecule has 0 saturated heterocycles. The van der Waals surface area contributed by atoms with Crippen molar-refractivity contribution in [3.05, 3.63) is 70.7 Å². The number of nitrogens with zero attached hydrogens (tertiary/aromatic N) is 2. The molecule has 1 aliphatic rings. The molecule has 4 aromatic rings. The predicted molar refractivity (Wildman–Crippen MR) is 124 cm³/mol. The molecule has 2 aromatic heterocycles. The van der Waals surface area contributed by atoms with Crippen molar-refractivity contribution in [3.8, 4) is 10.6 Å². The molecule has 6 heteroatoms. The van der Waals surface area contributed by atoms with Crippen LogP contribution in [0.1, 0.15) is 42.3 Å². The summed E-state index contributed by atoms with van der Waals surface area (Å²) in [6, 6.07) is 18.4. The number of carbonyl (C=O) groups excluding carboxylic acids is 1. The maximum atomic E-state index is 13.1. The third-order valence-electron chi connectivity index (χ3n) is 5.75. The first kappa shape index (κ1) is 19.4. The molecule has 1 saturated carbocycles. The first-order chi connectivity index (χ1) is 14.8. The molecule has 1 N–H and O–H groups in total. The summed E-state index contributed by atoms with van der Waals surface area (Å²) < 4.78 is 1.20. The van der Waals surface area contributed by atoms with Crippen molar-refractivity contribution in [3.63, 3.8) is 0 Å². The second kappa shape index (κ2) is 8.66. The standard InChI is InChI=1S/C24H23N3OS2/c28-22(25-14-17-15-29-23(26-17)16-8-2-1-3-9-16)18-10-4-5-11-19(18)24-27-20-12-6-7-13-21(20)30-24/h1-3,6-9,12-13,15,18-19H,4-5,10-11,14H2,(H,25,28). The molecule has 2 aromatic carbocycles. The van der Waals surface area contributed by atoms with Crippen molar-refractivity contribution in [2.24, 2.45) is 5.92 Å². The van der Waals surface area contributed by atoms with E-state index in [1.807, 2.05) is 35.7 Å². The van der Waals surface area contributed by atoms with Crippen LogP contribution >= 0.6 is 22.7 Å². The molecule has 30 heavy (non-hydrogen) atoms.